The molecule has 1 spiro atoms. The molecule has 1 aromatic carbocycles. The first-order valence-corrected chi connectivity index (χ1v) is 16.1. The molecule has 4 aliphatic rings. The van der Waals surface area contributed by atoms with Gasteiger partial charge in [-0.1, -0.05) is 6.07 Å². The van der Waals surface area contributed by atoms with Crippen molar-refractivity contribution in [3.63, 3.8) is 0 Å². The summed E-state index contributed by atoms with van der Waals surface area (Å²) in [5, 5.41) is 24.6. The monoisotopic (exact) mass is 673 g/mol. The number of nitrogens with one attached hydrogen (secondary N) is 1. The molecule has 262 valence electrons. The molecule has 7 atom stereocenters. The predicted octanol–water partition coefficient (Wildman–Crippen LogP) is 0.468. The van der Waals surface area contributed by atoms with Crippen molar-refractivity contribution in [1.82, 2.24) is 10.2 Å². The van der Waals surface area contributed by atoms with Gasteiger partial charge in [-0.15, -0.1) is 0 Å². The van der Waals surface area contributed by atoms with E-state index in [0.717, 1.165) is 11.1 Å². The van der Waals surface area contributed by atoms with Crippen LogP contribution in [0.5, 0.6) is 11.5 Å². The van der Waals surface area contributed by atoms with E-state index in [0.29, 0.717) is 50.3 Å². The summed E-state index contributed by atoms with van der Waals surface area (Å²) in [4.78, 5) is 64.4. The Hall–Kier alpha value is -4.21. The molecule has 0 saturated carbocycles. The molecule has 48 heavy (non-hydrogen) atoms. The van der Waals surface area contributed by atoms with Gasteiger partial charge in [0.15, 0.2) is 23.7 Å². The zero-order valence-corrected chi connectivity index (χ0v) is 27.5. The number of carboxylic acids is 1. The van der Waals surface area contributed by atoms with Gasteiger partial charge < -0.3 is 49.8 Å². The maximum absolute atomic E-state index is 13.2. The van der Waals surface area contributed by atoms with Gasteiger partial charge in [-0.2, -0.15) is 0 Å². The number of piperidine rings is 1. The summed E-state index contributed by atoms with van der Waals surface area (Å²) in [6.45, 7) is 3.46. The fourth-order valence-electron chi connectivity index (χ4n) is 7.62. The molecule has 2 aliphatic heterocycles. The topological polar surface area (TPSA) is 213 Å². The molecular formula is C33H43N3O12. The summed E-state index contributed by atoms with van der Waals surface area (Å²) >= 11 is 0. The van der Waals surface area contributed by atoms with Gasteiger partial charge in [-0.25, -0.2) is 14.4 Å². The van der Waals surface area contributed by atoms with Crippen molar-refractivity contribution in [3.05, 3.63) is 35.1 Å². The molecule has 2 heterocycles. The van der Waals surface area contributed by atoms with Crippen molar-refractivity contribution in [2.75, 3.05) is 27.2 Å². The number of aliphatic hydroxyl groups is 1. The van der Waals surface area contributed by atoms with E-state index in [2.05, 4.69) is 10.2 Å². The summed E-state index contributed by atoms with van der Waals surface area (Å²) in [6.07, 6.45) is -1.07. The second kappa shape index (κ2) is 13.7. The van der Waals surface area contributed by atoms with Gasteiger partial charge in [-0.3, -0.25) is 9.59 Å². The standard InChI is InChI=1S/C33H43N3O12/c1-17(45-31(42)20(35-18(2)37)7-5-6-13-34)30(41)47-23(29(39)40)16-25(38)46-22-10-11-33(43)24-15-19-8-9-21(44-4)27-26(19)32(33,28(22)48-27)12-14-36(24)3/h8-10,17,20,23-24,28,43H,5-7,11-16,34H2,1-4H3,(H,35,37)(H,39,40)/t17-,20-,23-,24-,28-,32-,33+/m0/s1. The zero-order valence-electron chi connectivity index (χ0n) is 27.5. The quantitative estimate of drug-likeness (QED) is 0.120. The van der Waals surface area contributed by atoms with E-state index >= 15 is 0 Å². The van der Waals surface area contributed by atoms with E-state index in [4.69, 9.17) is 29.4 Å². The largest absolute Gasteiger partial charge is 0.493 e. The van der Waals surface area contributed by atoms with Crippen LogP contribution >= 0.6 is 0 Å². The summed E-state index contributed by atoms with van der Waals surface area (Å²) in [5.74, 6) is -4.14. The highest BCUT2D eigenvalue weighted by Gasteiger charge is 2.72. The van der Waals surface area contributed by atoms with Crippen LogP contribution in [0.15, 0.2) is 24.0 Å². The van der Waals surface area contributed by atoms with Crippen LogP contribution in [0.1, 0.15) is 63.5 Å². The first kappa shape index (κ1) is 35.1. The zero-order chi connectivity index (χ0) is 35.0. The lowest BCUT2D eigenvalue weighted by atomic mass is 9.50. The average Bonchev–Trinajstić information content (AvgIpc) is 3.39. The molecular weight excluding hydrogens is 630 g/mol. The highest BCUT2D eigenvalue weighted by Crippen LogP contribution is 2.65. The maximum Gasteiger partial charge on any atom is 0.348 e. The number of ether oxygens (including phenoxy) is 5. The minimum absolute atomic E-state index is 0.121. The SMILES string of the molecule is COc1ccc2c3c1O[C@H]1C(OC(=O)C[C@H](OC(=O)[C@H](C)OC(=O)[C@H](CCCCN)NC(C)=O)C(=O)O)=CC[C@@]4(O)[C@H](C2)N(C)CC[C@]314. The molecule has 2 aliphatic carbocycles. The average molecular weight is 674 g/mol. The van der Waals surface area contributed by atoms with Crippen molar-refractivity contribution in [2.45, 2.75) is 100 Å². The van der Waals surface area contributed by atoms with Gasteiger partial charge in [0.2, 0.25) is 12.0 Å². The summed E-state index contributed by atoms with van der Waals surface area (Å²) in [5.41, 5.74) is 5.16. The third kappa shape index (κ3) is 6.10. The summed E-state index contributed by atoms with van der Waals surface area (Å²) in [7, 11) is 3.49. The molecule has 1 fully saturated rings. The number of benzene rings is 1. The van der Waals surface area contributed by atoms with E-state index in [-0.39, 0.29) is 24.6 Å². The number of methoxy groups -OCH3 is 1. The maximum atomic E-state index is 13.2. The Morgan fingerprint density at radius 1 is 1.17 bits per heavy atom. The van der Waals surface area contributed by atoms with Crippen molar-refractivity contribution in [3.8, 4) is 11.5 Å². The predicted molar refractivity (Wildman–Crippen MR) is 166 cm³/mol. The van der Waals surface area contributed by atoms with E-state index < -0.39 is 71.6 Å². The highest BCUT2D eigenvalue weighted by atomic mass is 16.6. The number of carbonyl (C=O) groups is 5. The molecule has 1 aromatic rings. The fourth-order valence-corrected chi connectivity index (χ4v) is 7.62. The van der Waals surface area contributed by atoms with E-state index in [1.54, 1.807) is 6.08 Å². The van der Waals surface area contributed by atoms with Crippen molar-refractivity contribution in [1.29, 1.82) is 0 Å². The van der Waals surface area contributed by atoms with Gasteiger partial charge in [-0.05, 0) is 76.9 Å². The van der Waals surface area contributed by atoms with Crippen molar-refractivity contribution < 1.29 is 57.9 Å². The molecule has 5 N–H and O–H groups in total. The van der Waals surface area contributed by atoms with Crippen LogP contribution in [-0.4, -0.2) is 108 Å². The van der Waals surface area contributed by atoms with Crippen molar-refractivity contribution >= 4 is 29.8 Å². The number of amides is 1. The molecule has 0 unspecified atom stereocenters. The minimum Gasteiger partial charge on any atom is -0.493 e. The van der Waals surface area contributed by atoms with Crippen LogP contribution in [0.4, 0.5) is 0 Å². The van der Waals surface area contributed by atoms with Gasteiger partial charge >= 0.3 is 23.9 Å². The number of carbonyl (C=O) groups excluding carboxylic acids is 4. The number of likely N-dealkylation sites (N-methyl/N-ethyl adjacent to an activating group) is 1. The van der Waals surface area contributed by atoms with Crippen LogP contribution in [0.2, 0.25) is 0 Å². The molecule has 5 rings (SSSR count). The number of hydrogen-bond donors (Lipinski definition) is 4. The molecule has 15 heteroatoms. The van der Waals surface area contributed by atoms with Gasteiger partial charge in [0, 0.05) is 24.9 Å². The normalized spacial score (nSPS) is 26.8. The highest BCUT2D eigenvalue weighted by molar-refractivity contribution is 5.87. The molecule has 1 saturated heterocycles. The Balaban J connectivity index is 1.28. The summed E-state index contributed by atoms with van der Waals surface area (Å²) in [6, 6.07) is 2.51. The third-order valence-corrected chi connectivity index (χ3v) is 9.91. The van der Waals surface area contributed by atoms with Crippen molar-refractivity contribution in [2.24, 2.45) is 5.73 Å². The van der Waals surface area contributed by atoms with E-state index in [9.17, 15) is 34.2 Å². The minimum atomic E-state index is -1.96. The molecule has 0 aromatic heterocycles. The first-order valence-electron chi connectivity index (χ1n) is 16.1. The van der Waals surface area contributed by atoms with Crippen LogP contribution < -0.4 is 20.5 Å². The number of likely N-dealkylation sites (tertiary alicyclic amines) is 1. The number of esters is 3. The molecule has 0 radical (unpaired) electrons. The third-order valence-electron chi connectivity index (χ3n) is 9.91. The van der Waals surface area contributed by atoms with E-state index in [1.807, 2.05) is 19.2 Å². The molecule has 15 nitrogen and oxygen atoms in total. The number of nitrogens with two attached hydrogens (primary N) is 1. The number of rotatable bonds is 14. The second-order valence-corrected chi connectivity index (χ2v) is 12.8. The van der Waals surface area contributed by atoms with Crippen LogP contribution in [0.25, 0.3) is 0 Å². The lowest BCUT2D eigenvalue weighted by molar-refractivity contribution is -0.180. The Morgan fingerprint density at radius 2 is 1.92 bits per heavy atom. The van der Waals surface area contributed by atoms with Gasteiger partial charge in [0.05, 0.1) is 24.5 Å². The van der Waals surface area contributed by atoms with Gasteiger partial charge in [0.1, 0.15) is 11.8 Å². The molecule has 2 bridgehead atoms. The van der Waals surface area contributed by atoms with Gasteiger partial charge in [0.25, 0.3) is 0 Å². The smallest absolute Gasteiger partial charge is 0.348 e. The Labute approximate surface area is 277 Å². The van der Waals surface area contributed by atoms with E-state index in [1.165, 1.54) is 21.0 Å². The first-order chi connectivity index (χ1) is 22.8. The van der Waals surface area contributed by atoms with Crippen LogP contribution in [0, 0.1) is 0 Å². The second-order valence-electron chi connectivity index (χ2n) is 12.8. The Morgan fingerprint density at radius 3 is 2.58 bits per heavy atom. The molecule has 1 amide bonds. The van der Waals surface area contributed by atoms with Crippen LogP contribution in [-0.2, 0) is 50.0 Å². The number of aliphatic carboxylic acids is 1. The lowest BCUT2D eigenvalue weighted by Crippen LogP contribution is -2.74. The number of nitrogens with zero attached hydrogens (tertiary/aromatic N) is 1. The Bertz CT molecular complexity index is 1510. The summed E-state index contributed by atoms with van der Waals surface area (Å²) < 4.78 is 28.0. The number of carboxylic acid groups (broad SMARTS) is 1. The number of unbranched alkanes of at least 4 members (excludes halogenated alkanes) is 1. The van der Waals surface area contributed by atoms with Crippen LogP contribution in [0.3, 0.4) is 0 Å². The fraction of sp³-hybridized carbons (Fsp3) is 0.606. The number of hydrogen-bond acceptors (Lipinski definition) is 13. The Kier molecular flexibility index (Phi) is 10.0. The lowest BCUT2D eigenvalue weighted by Gasteiger charge is -2.61.